The topological polar surface area (TPSA) is 9.23 Å². The van der Waals surface area contributed by atoms with Crippen LogP contribution in [0, 0.1) is 5.82 Å². The SMILES string of the molecule is C=CC[C@H](c1ccc(Cl)c(F)c1)[C@@H](C(=C)C)c1ccc(OC)cc1. The Balaban J connectivity index is 2.48. The summed E-state index contributed by atoms with van der Waals surface area (Å²) in [5.41, 5.74) is 3.02. The third kappa shape index (κ3) is 4.07. The molecule has 2 aromatic carbocycles. The predicted molar refractivity (Wildman–Crippen MR) is 99.5 cm³/mol. The summed E-state index contributed by atoms with van der Waals surface area (Å²) in [5.74, 6) is 0.491. The quantitative estimate of drug-likeness (QED) is 0.520. The first-order valence-electron chi connectivity index (χ1n) is 7.83. The van der Waals surface area contributed by atoms with E-state index in [4.69, 9.17) is 16.3 Å². The molecule has 2 aromatic rings. The first kappa shape index (κ1) is 18.3. The van der Waals surface area contributed by atoms with Crippen molar-refractivity contribution in [1.29, 1.82) is 0 Å². The molecule has 0 unspecified atom stereocenters. The van der Waals surface area contributed by atoms with Gasteiger partial charge in [-0.05, 0) is 54.7 Å². The van der Waals surface area contributed by atoms with Crippen LogP contribution < -0.4 is 4.74 Å². The zero-order valence-corrected chi connectivity index (χ0v) is 14.8. The average Bonchev–Trinajstić information content (AvgIpc) is 2.57. The molecule has 0 N–H and O–H groups in total. The molecule has 2 atom stereocenters. The van der Waals surface area contributed by atoms with Crippen LogP contribution in [-0.2, 0) is 0 Å². The molecule has 0 saturated carbocycles. The smallest absolute Gasteiger partial charge is 0.142 e. The van der Waals surface area contributed by atoms with Gasteiger partial charge in [-0.1, -0.05) is 48.0 Å². The predicted octanol–water partition coefficient (Wildman–Crippen LogP) is 6.51. The minimum Gasteiger partial charge on any atom is -0.497 e. The van der Waals surface area contributed by atoms with Gasteiger partial charge in [-0.15, -0.1) is 6.58 Å². The van der Waals surface area contributed by atoms with Gasteiger partial charge >= 0.3 is 0 Å². The summed E-state index contributed by atoms with van der Waals surface area (Å²) in [6, 6.07) is 12.9. The maximum Gasteiger partial charge on any atom is 0.142 e. The number of allylic oxidation sites excluding steroid dienone is 2. The van der Waals surface area contributed by atoms with Crippen LogP contribution in [0.5, 0.6) is 5.75 Å². The number of rotatable bonds is 7. The maximum absolute atomic E-state index is 13.9. The Labute approximate surface area is 148 Å². The Hall–Kier alpha value is -2.06. The Bertz CT molecular complexity index is 721. The zero-order valence-electron chi connectivity index (χ0n) is 14.1. The van der Waals surface area contributed by atoms with E-state index in [0.29, 0.717) is 6.42 Å². The average molecular weight is 345 g/mol. The van der Waals surface area contributed by atoms with Gasteiger partial charge in [-0.2, -0.15) is 0 Å². The third-order valence-corrected chi connectivity index (χ3v) is 4.51. The fraction of sp³-hybridized carbons (Fsp3) is 0.238. The number of halogens is 2. The summed E-state index contributed by atoms with van der Waals surface area (Å²) in [7, 11) is 1.64. The largest absolute Gasteiger partial charge is 0.497 e. The number of methoxy groups -OCH3 is 1. The fourth-order valence-electron chi connectivity index (χ4n) is 3.06. The molecular weight excluding hydrogens is 323 g/mol. The summed E-state index contributed by atoms with van der Waals surface area (Å²) in [6.07, 6.45) is 2.57. The lowest BCUT2D eigenvalue weighted by atomic mass is 9.76. The second-order valence-electron chi connectivity index (χ2n) is 5.90. The molecule has 0 aliphatic heterocycles. The lowest BCUT2D eigenvalue weighted by molar-refractivity contribution is 0.414. The lowest BCUT2D eigenvalue weighted by Crippen LogP contribution is -2.12. The summed E-state index contributed by atoms with van der Waals surface area (Å²) in [5, 5.41) is 0.132. The van der Waals surface area contributed by atoms with Crippen molar-refractivity contribution >= 4 is 11.6 Å². The summed E-state index contributed by atoms with van der Waals surface area (Å²) in [6.45, 7) is 10.0. The number of ether oxygens (including phenoxy) is 1. The molecule has 0 fully saturated rings. The van der Waals surface area contributed by atoms with Crippen molar-refractivity contribution in [2.24, 2.45) is 0 Å². The number of benzene rings is 2. The van der Waals surface area contributed by atoms with Gasteiger partial charge in [-0.25, -0.2) is 4.39 Å². The van der Waals surface area contributed by atoms with Crippen molar-refractivity contribution in [3.05, 3.63) is 89.2 Å². The molecule has 2 rings (SSSR count). The first-order valence-corrected chi connectivity index (χ1v) is 8.21. The minimum atomic E-state index is -0.404. The van der Waals surface area contributed by atoms with Crippen LogP contribution in [0.1, 0.15) is 36.3 Å². The van der Waals surface area contributed by atoms with E-state index < -0.39 is 5.82 Å². The van der Waals surface area contributed by atoms with Gasteiger partial charge in [-0.3, -0.25) is 0 Å². The molecule has 0 spiro atoms. The molecule has 0 aromatic heterocycles. The van der Waals surface area contributed by atoms with Gasteiger partial charge in [0.25, 0.3) is 0 Å². The Morgan fingerprint density at radius 2 is 1.83 bits per heavy atom. The zero-order chi connectivity index (χ0) is 17.7. The van der Waals surface area contributed by atoms with Crippen molar-refractivity contribution in [3.8, 4) is 5.75 Å². The van der Waals surface area contributed by atoms with Crippen LogP contribution in [0.4, 0.5) is 4.39 Å². The van der Waals surface area contributed by atoms with E-state index >= 15 is 0 Å². The standard InChI is InChI=1S/C21H22ClFO/c1-5-6-18(16-9-12-19(22)20(23)13-16)21(14(2)3)15-7-10-17(24-4)11-8-15/h5,7-13,18,21H,1-2,6H2,3-4H3/t18-,21+/m1/s1. The lowest BCUT2D eigenvalue weighted by Gasteiger charge is -2.28. The van der Waals surface area contributed by atoms with Gasteiger partial charge in [0.1, 0.15) is 11.6 Å². The normalized spacial score (nSPS) is 13.2. The van der Waals surface area contributed by atoms with Crippen LogP contribution in [-0.4, -0.2) is 7.11 Å². The molecule has 0 bridgehead atoms. The Morgan fingerprint density at radius 3 is 2.33 bits per heavy atom. The molecule has 126 valence electrons. The Kier molecular flexibility index (Phi) is 6.22. The number of hydrogen-bond acceptors (Lipinski definition) is 1. The number of hydrogen-bond donors (Lipinski definition) is 0. The van der Waals surface area contributed by atoms with Crippen molar-refractivity contribution in [1.82, 2.24) is 0 Å². The molecular formula is C21H22ClFO. The molecule has 3 heteroatoms. The highest BCUT2D eigenvalue weighted by Crippen LogP contribution is 2.41. The van der Waals surface area contributed by atoms with Gasteiger partial charge in [0.2, 0.25) is 0 Å². The first-order chi connectivity index (χ1) is 11.5. The van der Waals surface area contributed by atoms with Crippen molar-refractivity contribution in [3.63, 3.8) is 0 Å². The van der Waals surface area contributed by atoms with E-state index in [9.17, 15) is 4.39 Å². The third-order valence-electron chi connectivity index (χ3n) is 4.20. The van der Waals surface area contributed by atoms with E-state index in [-0.39, 0.29) is 16.9 Å². The van der Waals surface area contributed by atoms with Crippen LogP contribution in [0.2, 0.25) is 5.02 Å². The Morgan fingerprint density at radius 1 is 1.21 bits per heavy atom. The molecule has 1 nitrogen and oxygen atoms in total. The molecule has 0 radical (unpaired) electrons. The van der Waals surface area contributed by atoms with Gasteiger partial charge in [0.15, 0.2) is 0 Å². The van der Waals surface area contributed by atoms with Crippen LogP contribution in [0.3, 0.4) is 0 Å². The summed E-state index contributed by atoms with van der Waals surface area (Å²) in [4.78, 5) is 0. The molecule has 0 aliphatic rings. The maximum atomic E-state index is 13.9. The van der Waals surface area contributed by atoms with Gasteiger partial charge in [0, 0.05) is 5.92 Å². The van der Waals surface area contributed by atoms with Gasteiger partial charge in [0.05, 0.1) is 12.1 Å². The van der Waals surface area contributed by atoms with Crippen LogP contribution in [0.15, 0.2) is 67.3 Å². The molecule has 0 heterocycles. The highest BCUT2D eigenvalue weighted by atomic mass is 35.5. The van der Waals surface area contributed by atoms with E-state index in [1.54, 1.807) is 13.2 Å². The van der Waals surface area contributed by atoms with Crippen molar-refractivity contribution in [2.75, 3.05) is 7.11 Å². The molecule has 0 saturated heterocycles. The monoisotopic (exact) mass is 344 g/mol. The van der Waals surface area contributed by atoms with E-state index in [1.807, 2.05) is 43.3 Å². The van der Waals surface area contributed by atoms with E-state index in [1.165, 1.54) is 6.07 Å². The summed E-state index contributed by atoms with van der Waals surface area (Å²) >= 11 is 5.83. The van der Waals surface area contributed by atoms with Crippen molar-refractivity contribution < 1.29 is 9.13 Å². The van der Waals surface area contributed by atoms with E-state index in [0.717, 1.165) is 22.4 Å². The molecule has 0 amide bonds. The van der Waals surface area contributed by atoms with Gasteiger partial charge < -0.3 is 4.74 Å². The van der Waals surface area contributed by atoms with E-state index in [2.05, 4.69) is 13.2 Å². The highest BCUT2D eigenvalue weighted by Gasteiger charge is 2.25. The minimum absolute atomic E-state index is 0.0418. The van der Waals surface area contributed by atoms with Crippen molar-refractivity contribution in [2.45, 2.75) is 25.2 Å². The summed E-state index contributed by atoms with van der Waals surface area (Å²) < 4.78 is 19.2. The molecule has 0 aliphatic carbocycles. The highest BCUT2D eigenvalue weighted by molar-refractivity contribution is 6.30. The van der Waals surface area contributed by atoms with Crippen LogP contribution in [0.25, 0.3) is 0 Å². The molecule has 24 heavy (non-hydrogen) atoms. The van der Waals surface area contributed by atoms with Crippen LogP contribution >= 0.6 is 11.6 Å². The second-order valence-corrected chi connectivity index (χ2v) is 6.31. The second kappa shape index (κ2) is 8.16. The fourth-order valence-corrected chi connectivity index (χ4v) is 3.18.